The lowest BCUT2D eigenvalue weighted by Gasteiger charge is -2.15. The fourth-order valence-electron chi connectivity index (χ4n) is 2.68. The molecule has 146 valence electrons. The fraction of sp³-hybridized carbons (Fsp3) is 0.190. The molecule has 0 radical (unpaired) electrons. The molecule has 3 rings (SSSR count). The first-order valence-corrected chi connectivity index (χ1v) is 10.5. The maximum atomic E-state index is 12.5. The fourth-order valence-corrected chi connectivity index (χ4v) is 3.73. The highest BCUT2D eigenvalue weighted by Gasteiger charge is 2.14. The van der Waals surface area contributed by atoms with Crippen LogP contribution in [0.15, 0.2) is 77.8 Å². The van der Waals surface area contributed by atoms with Crippen molar-refractivity contribution in [2.75, 3.05) is 16.6 Å². The van der Waals surface area contributed by atoms with Crippen LogP contribution in [0.3, 0.4) is 0 Å². The van der Waals surface area contributed by atoms with Crippen molar-refractivity contribution >= 4 is 21.5 Å². The summed E-state index contributed by atoms with van der Waals surface area (Å²) in [6.07, 6.45) is 1.49. The van der Waals surface area contributed by atoms with E-state index in [0.29, 0.717) is 23.9 Å². The average Bonchev–Trinajstić information content (AvgIpc) is 2.70. The van der Waals surface area contributed by atoms with Crippen molar-refractivity contribution in [1.82, 2.24) is 4.98 Å². The second kappa shape index (κ2) is 8.75. The maximum absolute atomic E-state index is 12.5. The van der Waals surface area contributed by atoms with Crippen LogP contribution in [0.1, 0.15) is 25.5 Å². The molecule has 28 heavy (non-hydrogen) atoms. The minimum atomic E-state index is -3.69. The number of rotatable bonds is 8. The monoisotopic (exact) mass is 397 g/mol. The quantitative estimate of drug-likeness (QED) is 0.587. The first-order valence-electron chi connectivity index (χ1n) is 9.01. The van der Waals surface area contributed by atoms with Gasteiger partial charge in [-0.25, -0.2) is 13.4 Å². The molecule has 2 N–H and O–H groups in total. The van der Waals surface area contributed by atoms with Crippen molar-refractivity contribution in [1.29, 1.82) is 0 Å². The van der Waals surface area contributed by atoms with Gasteiger partial charge in [-0.3, -0.25) is 4.72 Å². The molecule has 1 atom stereocenters. The molecule has 3 aromatic rings. The molecule has 6 nitrogen and oxygen atoms in total. The van der Waals surface area contributed by atoms with E-state index in [-0.39, 0.29) is 10.9 Å². The summed E-state index contributed by atoms with van der Waals surface area (Å²) in [5, 5.41) is 3.30. The molecule has 0 saturated heterocycles. The van der Waals surface area contributed by atoms with E-state index in [9.17, 15) is 8.42 Å². The van der Waals surface area contributed by atoms with Crippen LogP contribution in [-0.4, -0.2) is 20.0 Å². The smallest absolute Gasteiger partial charge is 0.261 e. The lowest BCUT2D eigenvalue weighted by Crippen LogP contribution is -2.13. The van der Waals surface area contributed by atoms with Gasteiger partial charge in [0.05, 0.1) is 23.4 Å². The van der Waals surface area contributed by atoms with Gasteiger partial charge < -0.3 is 10.1 Å². The Morgan fingerprint density at radius 1 is 1.00 bits per heavy atom. The third-order valence-electron chi connectivity index (χ3n) is 4.12. The van der Waals surface area contributed by atoms with E-state index in [0.717, 1.165) is 5.56 Å². The number of nitrogens with zero attached hydrogens (tertiary/aromatic N) is 1. The number of benzene rings is 2. The highest BCUT2D eigenvalue weighted by atomic mass is 32.2. The van der Waals surface area contributed by atoms with Crippen LogP contribution in [0, 0.1) is 0 Å². The molecule has 0 amide bonds. The first kappa shape index (κ1) is 19.7. The second-order valence-corrected chi connectivity index (χ2v) is 7.90. The average molecular weight is 398 g/mol. The number of hydrogen-bond acceptors (Lipinski definition) is 5. The van der Waals surface area contributed by atoms with Gasteiger partial charge in [-0.1, -0.05) is 30.3 Å². The van der Waals surface area contributed by atoms with E-state index in [1.54, 1.807) is 24.3 Å². The number of pyridine rings is 1. The molecule has 0 aliphatic rings. The van der Waals surface area contributed by atoms with Crippen LogP contribution >= 0.6 is 0 Å². The number of sulfonamides is 1. The third-order valence-corrected chi connectivity index (χ3v) is 5.52. The second-order valence-electron chi connectivity index (χ2n) is 6.22. The number of anilines is 2. The lowest BCUT2D eigenvalue weighted by atomic mass is 10.1. The van der Waals surface area contributed by atoms with Gasteiger partial charge in [0.2, 0.25) is 0 Å². The van der Waals surface area contributed by atoms with Crippen molar-refractivity contribution in [2.45, 2.75) is 24.8 Å². The summed E-state index contributed by atoms with van der Waals surface area (Å²) in [7, 11) is -3.69. The summed E-state index contributed by atoms with van der Waals surface area (Å²) in [6.45, 7) is 4.44. The largest absolute Gasteiger partial charge is 0.494 e. The molecular formula is C21H23N3O3S. The van der Waals surface area contributed by atoms with Gasteiger partial charge in [-0.2, -0.15) is 0 Å². The Hall–Kier alpha value is -3.06. The van der Waals surface area contributed by atoms with Crippen molar-refractivity contribution in [3.05, 3.63) is 78.5 Å². The first-order chi connectivity index (χ1) is 13.5. The Morgan fingerprint density at radius 2 is 1.71 bits per heavy atom. The number of hydrogen-bond donors (Lipinski definition) is 2. The van der Waals surface area contributed by atoms with Crippen LogP contribution in [0.25, 0.3) is 0 Å². The van der Waals surface area contributed by atoms with Gasteiger partial charge in [0, 0.05) is 6.04 Å². The molecule has 0 spiro atoms. The Balaban J connectivity index is 1.66. The molecule has 2 aromatic carbocycles. The zero-order chi connectivity index (χ0) is 20.0. The molecule has 0 saturated carbocycles. The van der Waals surface area contributed by atoms with Gasteiger partial charge in [-0.15, -0.1) is 0 Å². The van der Waals surface area contributed by atoms with Crippen LogP contribution in [0.2, 0.25) is 0 Å². The Bertz CT molecular complexity index is 989. The predicted octanol–water partition coefficient (Wildman–Crippen LogP) is 4.45. The van der Waals surface area contributed by atoms with E-state index in [1.807, 2.05) is 44.2 Å². The van der Waals surface area contributed by atoms with E-state index in [1.165, 1.54) is 18.3 Å². The molecule has 1 unspecified atom stereocenters. The van der Waals surface area contributed by atoms with Crippen LogP contribution in [0.4, 0.5) is 11.5 Å². The van der Waals surface area contributed by atoms with Crippen LogP contribution in [0.5, 0.6) is 5.75 Å². The van der Waals surface area contributed by atoms with E-state index in [4.69, 9.17) is 4.74 Å². The predicted molar refractivity (Wildman–Crippen MR) is 111 cm³/mol. The summed E-state index contributed by atoms with van der Waals surface area (Å²) in [5.74, 6) is 1.30. The van der Waals surface area contributed by atoms with Crippen LogP contribution in [-0.2, 0) is 10.0 Å². The number of nitrogens with one attached hydrogen (secondary N) is 2. The number of aromatic nitrogens is 1. The molecule has 0 aliphatic heterocycles. The van der Waals surface area contributed by atoms with Crippen molar-refractivity contribution in [3.8, 4) is 5.75 Å². The van der Waals surface area contributed by atoms with Gasteiger partial charge in [0.15, 0.2) is 0 Å². The van der Waals surface area contributed by atoms with E-state index < -0.39 is 10.0 Å². The maximum Gasteiger partial charge on any atom is 0.261 e. The zero-order valence-electron chi connectivity index (χ0n) is 15.8. The topological polar surface area (TPSA) is 80.3 Å². The Morgan fingerprint density at radius 3 is 2.32 bits per heavy atom. The highest BCUT2D eigenvalue weighted by molar-refractivity contribution is 7.92. The van der Waals surface area contributed by atoms with Crippen LogP contribution < -0.4 is 14.8 Å². The van der Waals surface area contributed by atoms with Crippen molar-refractivity contribution in [3.63, 3.8) is 0 Å². The highest BCUT2D eigenvalue weighted by Crippen LogP contribution is 2.21. The molecule has 0 aliphatic carbocycles. The molecule has 1 aromatic heterocycles. The summed E-state index contributed by atoms with van der Waals surface area (Å²) in [6, 6.07) is 19.8. The standard InChI is InChI=1S/C21H23N3O3S/c1-3-27-19-10-12-20(13-11-19)28(25,26)24-18-9-14-21(22-15-18)23-16(2)17-7-5-4-6-8-17/h4-16,24H,3H2,1-2H3,(H,22,23). The molecule has 0 fully saturated rings. The Kier molecular flexibility index (Phi) is 6.16. The molecule has 1 heterocycles. The minimum absolute atomic E-state index is 0.0834. The third kappa shape index (κ3) is 5.01. The number of ether oxygens (including phenoxy) is 1. The molecule has 7 heteroatoms. The van der Waals surface area contributed by atoms with Crippen molar-refractivity contribution in [2.24, 2.45) is 0 Å². The van der Waals surface area contributed by atoms with E-state index >= 15 is 0 Å². The van der Waals surface area contributed by atoms with E-state index in [2.05, 4.69) is 15.0 Å². The van der Waals surface area contributed by atoms with Gasteiger partial charge >= 0.3 is 0 Å². The SMILES string of the molecule is CCOc1ccc(S(=O)(=O)Nc2ccc(NC(C)c3ccccc3)nc2)cc1. The van der Waals surface area contributed by atoms with Crippen molar-refractivity contribution < 1.29 is 13.2 Å². The van der Waals surface area contributed by atoms with Gasteiger partial charge in [0.25, 0.3) is 10.0 Å². The summed E-state index contributed by atoms with van der Waals surface area (Å²) < 4.78 is 32.9. The summed E-state index contributed by atoms with van der Waals surface area (Å²) in [4.78, 5) is 4.47. The van der Waals surface area contributed by atoms with Gasteiger partial charge in [0.1, 0.15) is 11.6 Å². The summed E-state index contributed by atoms with van der Waals surface area (Å²) >= 11 is 0. The lowest BCUT2D eigenvalue weighted by molar-refractivity contribution is 0.340. The molecular weight excluding hydrogens is 374 g/mol. The minimum Gasteiger partial charge on any atom is -0.494 e. The summed E-state index contributed by atoms with van der Waals surface area (Å²) in [5.41, 5.74) is 1.54. The Labute approximate surface area is 165 Å². The normalized spacial score (nSPS) is 12.2. The molecule has 0 bridgehead atoms. The van der Waals surface area contributed by atoms with Gasteiger partial charge in [-0.05, 0) is 55.8 Å². The zero-order valence-corrected chi connectivity index (χ0v) is 16.6.